The van der Waals surface area contributed by atoms with Gasteiger partial charge in [0.1, 0.15) is 11.6 Å². The number of nitrogens with zero attached hydrogens (tertiary/aromatic N) is 5. The Morgan fingerprint density at radius 1 is 0.935 bits per heavy atom. The molecule has 3 aromatic heterocycles. The minimum atomic E-state index is -0.348. The van der Waals surface area contributed by atoms with Crippen LogP contribution in [0.1, 0.15) is 43.1 Å². The molecule has 3 heterocycles. The predicted octanol–water partition coefficient (Wildman–Crippen LogP) is 8.51. The summed E-state index contributed by atoms with van der Waals surface area (Å²) in [6, 6.07) is 27.9. The number of para-hydroxylation sites is 1. The Morgan fingerprint density at radius 2 is 1.72 bits per heavy atom. The third-order valence-corrected chi connectivity index (χ3v) is 9.14. The van der Waals surface area contributed by atoms with Gasteiger partial charge in [0.25, 0.3) is 0 Å². The van der Waals surface area contributed by atoms with E-state index in [0.29, 0.717) is 35.2 Å². The molecule has 3 aromatic carbocycles. The molecule has 0 saturated heterocycles. The molecular weight excluding hydrogens is 757 g/mol. The first-order valence-corrected chi connectivity index (χ1v) is 15.4. The number of halogens is 1. The van der Waals surface area contributed by atoms with E-state index in [9.17, 15) is 4.39 Å². The number of likely N-dealkylation sites (N-methyl/N-ethyl adjacent to an activating group) is 1. The van der Waals surface area contributed by atoms with Crippen molar-refractivity contribution in [3.8, 4) is 23.0 Å². The number of pyridine rings is 1. The van der Waals surface area contributed by atoms with Crippen LogP contribution in [0.15, 0.2) is 84.6 Å². The van der Waals surface area contributed by atoms with Crippen molar-refractivity contribution < 1.29 is 30.2 Å². The van der Waals surface area contributed by atoms with Crippen molar-refractivity contribution in [2.24, 2.45) is 5.92 Å². The van der Waals surface area contributed by atoms with E-state index in [4.69, 9.17) is 9.84 Å². The van der Waals surface area contributed by atoms with Gasteiger partial charge in [-0.25, -0.2) is 9.37 Å². The molecule has 0 bridgehead atoms. The first kappa shape index (κ1) is 31.9. The van der Waals surface area contributed by atoms with Gasteiger partial charge in [-0.3, -0.25) is 4.68 Å². The largest absolute Gasteiger partial charge is 2.00 e. The third kappa shape index (κ3) is 5.61. The fraction of sp³-hybridized carbons (Fsp3) is 0.263. The van der Waals surface area contributed by atoms with Crippen molar-refractivity contribution in [1.29, 1.82) is 0 Å². The van der Waals surface area contributed by atoms with Gasteiger partial charge in [-0.05, 0) is 70.4 Å². The number of aryl methyl sites for hydroxylation is 1. The first-order chi connectivity index (χ1) is 21.7. The Hall–Kier alpha value is -4.06. The number of benzene rings is 3. The third-order valence-electron chi connectivity index (χ3n) is 9.14. The van der Waals surface area contributed by atoms with Gasteiger partial charge in [-0.15, -0.1) is 35.7 Å². The number of rotatable bonds is 6. The normalized spacial score (nSPS) is 18.2. The summed E-state index contributed by atoms with van der Waals surface area (Å²) in [6.45, 7) is 8.86. The van der Waals surface area contributed by atoms with E-state index in [1.54, 1.807) is 0 Å². The molecule has 7 rings (SSSR count). The van der Waals surface area contributed by atoms with Crippen molar-refractivity contribution in [1.82, 2.24) is 24.2 Å². The molecule has 8 heteroatoms. The second kappa shape index (κ2) is 12.6. The van der Waals surface area contributed by atoms with Crippen molar-refractivity contribution in [3.63, 3.8) is 0 Å². The fourth-order valence-electron chi connectivity index (χ4n) is 7.08. The van der Waals surface area contributed by atoms with Crippen LogP contribution >= 0.6 is 0 Å². The molecule has 46 heavy (non-hydrogen) atoms. The molecule has 236 valence electrons. The van der Waals surface area contributed by atoms with Crippen molar-refractivity contribution in [2.75, 3.05) is 14.1 Å². The summed E-state index contributed by atoms with van der Waals surface area (Å²) in [4.78, 5) is 6.75. The van der Waals surface area contributed by atoms with E-state index in [-0.39, 0.29) is 26.9 Å². The van der Waals surface area contributed by atoms with E-state index < -0.39 is 0 Å². The number of fused-ring (bicyclic) bond motifs is 3. The Bertz CT molecular complexity index is 2090. The molecule has 0 spiro atoms. The van der Waals surface area contributed by atoms with Crippen LogP contribution in [-0.2, 0) is 21.1 Å². The molecule has 6 aromatic rings. The molecule has 6 nitrogen and oxygen atoms in total. The fourth-order valence-corrected chi connectivity index (χ4v) is 7.08. The molecule has 0 saturated carbocycles. The Labute approximate surface area is 283 Å². The predicted molar refractivity (Wildman–Crippen MR) is 177 cm³/mol. The average Bonchev–Trinajstić information content (AvgIpc) is 3.50. The van der Waals surface area contributed by atoms with Crippen LogP contribution in [0.25, 0.3) is 33.3 Å². The quantitative estimate of drug-likeness (QED) is 0.126. The second-order valence-electron chi connectivity index (χ2n) is 12.4. The first-order valence-electron chi connectivity index (χ1n) is 15.4. The molecule has 0 amide bonds. The zero-order valence-corrected chi connectivity index (χ0v) is 29.1. The van der Waals surface area contributed by atoms with Crippen LogP contribution in [0.4, 0.5) is 4.39 Å². The van der Waals surface area contributed by atoms with E-state index in [1.165, 1.54) is 29.5 Å². The van der Waals surface area contributed by atoms with Gasteiger partial charge in [0.05, 0.1) is 5.69 Å². The molecule has 0 fully saturated rings. The van der Waals surface area contributed by atoms with Crippen LogP contribution in [0.2, 0.25) is 0 Å². The summed E-state index contributed by atoms with van der Waals surface area (Å²) in [5.41, 5.74) is 7.35. The minimum Gasteiger partial charge on any atom is -0.509 e. The number of allylic oxidation sites excluding steroid dienone is 1. The van der Waals surface area contributed by atoms with Crippen molar-refractivity contribution in [2.45, 2.75) is 46.1 Å². The van der Waals surface area contributed by atoms with Crippen LogP contribution in [0, 0.1) is 37.7 Å². The summed E-state index contributed by atoms with van der Waals surface area (Å²) in [7, 11) is 4.30. The topological polar surface area (TPSA) is 48.1 Å². The minimum absolute atomic E-state index is 0. The van der Waals surface area contributed by atoms with Crippen molar-refractivity contribution >= 4 is 21.8 Å². The summed E-state index contributed by atoms with van der Waals surface area (Å²) in [6.07, 6.45) is 5.01. The van der Waals surface area contributed by atoms with Crippen LogP contribution < -0.4 is 4.74 Å². The Morgan fingerprint density at radius 3 is 2.48 bits per heavy atom. The maximum Gasteiger partial charge on any atom is 2.00 e. The zero-order chi connectivity index (χ0) is 31.4. The Kier molecular flexibility index (Phi) is 8.75. The summed E-state index contributed by atoms with van der Waals surface area (Å²) >= 11 is 0. The molecule has 1 aliphatic rings. The summed E-state index contributed by atoms with van der Waals surface area (Å²) in [5, 5.41) is 7.00. The van der Waals surface area contributed by atoms with Gasteiger partial charge in [-0.1, -0.05) is 42.3 Å². The summed E-state index contributed by atoms with van der Waals surface area (Å²) < 4.78 is 24.5. The van der Waals surface area contributed by atoms with Gasteiger partial charge < -0.3 is 14.2 Å². The van der Waals surface area contributed by atoms with Crippen molar-refractivity contribution in [3.05, 3.63) is 119 Å². The van der Waals surface area contributed by atoms with E-state index >= 15 is 0 Å². The number of ether oxygens (including phenoxy) is 1. The zero-order valence-electron chi connectivity index (χ0n) is 26.8. The molecule has 0 radical (unpaired) electrons. The maximum atomic E-state index is 14.2. The monoisotopic (exact) mass is 792 g/mol. The van der Waals surface area contributed by atoms with Gasteiger partial charge >= 0.3 is 21.1 Å². The molecule has 1 unspecified atom stereocenters. The van der Waals surface area contributed by atoms with Crippen LogP contribution in [-0.4, -0.2) is 44.4 Å². The second-order valence-corrected chi connectivity index (χ2v) is 12.4. The van der Waals surface area contributed by atoms with Gasteiger partial charge in [0.15, 0.2) is 0 Å². The molecule has 1 aliphatic carbocycles. The standard InChI is InChI=1S/C38H36FN5O.Pt/c1-23-18-29(42(5)6)19-24(2)37(23)38-25(3)41-44(26(38)4)28-10-9-11-30(21-28)45-31-14-15-33-32-12-7-8-13-34(32)43(35(33)22-31)36-20-27(39)16-17-40-36;/h7-18,20,24,29,37H,19H2,1-6H3;/q-2;+2/t24-,29-,37?;/m0./s1. The van der Waals surface area contributed by atoms with Gasteiger partial charge in [0, 0.05) is 52.5 Å². The molecule has 0 aliphatic heterocycles. The summed E-state index contributed by atoms with van der Waals surface area (Å²) in [5.74, 6) is 2.05. The number of hydrogen-bond donors (Lipinski definition) is 0. The van der Waals surface area contributed by atoms with E-state index in [0.717, 1.165) is 45.3 Å². The van der Waals surface area contributed by atoms with Crippen LogP contribution in [0.3, 0.4) is 0 Å². The average molecular weight is 793 g/mol. The van der Waals surface area contributed by atoms with E-state index in [1.807, 2.05) is 63.8 Å². The number of hydrogen-bond acceptors (Lipinski definition) is 4. The van der Waals surface area contributed by atoms with Gasteiger partial charge in [-0.2, -0.15) is 17.2 Å². The Balaban J connectivity index is 0.00000372. The molecule has 0 N–H and O–H groups in total. The van der Waals surface area contributed by atoms with E-state index in [2.05, 4.69) is 69.9 Å². The van der Waals surface area contributed by atoms with Crippen LogP contribution in [0.5, 0.6) is 11.5 Å². The maximum absolute atomic E-state index is 14.2. The molecule has 3 atom stereocenters. The molecular formula is C38H36FN5OPt. The smallest absolute Gasteiger partial charge is 0.509 e. The van der Waals surface area contributed by atoms with Gasteiger partial charge in [0.2, 0.25) is 0 Å². The number of aromatic nitrogens is 4. The SMILES string of the molecule is CC1=C[C@H](N(C)C)C[C@H](C)C1c1c(C)nn(-c2[c-]c(Oc3[c-]c4c(cc3)c3ccccc3n4-c3cc(F)ccn3)ccc2)c1C.[Pt+2].